The third-order valence-corrected chi connectivity index (χ3v) is 2.97. The van der Waals surface area contributed by atoms with Gasteiger partial charge < -0.3 is 10.4 Å². The van der Waals surface area contributed by atoms with Gasteiger partial charge in [-0.1, -0.05) is 0 Å². The number of hydrogen-bond donors (Lipinski definition) is 2. The van der Waals surface area contributed by atoms with Crippen molar-refractivity contribution in [1.29, 1.82) is 0 Å². The van der Waals surface area contributed by atoms with E-state index in [2.05, 4.69) is 10.4 Å². The Kier molecular flexibility index (Phi) is 3.15. The quantitative estimate of drug-likeness (QED) is 0.613. The highest BCUT2D eigenvalue weighted by Gasteiger charge is 2.37. The average molecular weight is 242 g/mol. The summed E-state index contributed by atoms with van der Waals surface area (Å²) in [6, 6.07) is 0. The molecule has 96 valence electrons. The molecular weight excluding hydrogens is 224 g/mol. The van der Waals surface area contributed by atoms with Crippen LogP contribution in [0, 0.1) is 10.1 Å². The smallest absolute Gasteiger partial charge is 0.330 e. The summed E-state index contributed by atoms with van der Waals surface area (Å²) in [5, 5.41) is 27.7. The molecule has 0 aliphatic carbocycles. The number of nitrogens with zero attached hydrogens (tertiary/aromatic N) is 3. The summed E-state index contributed by atoms with van der Waals surface area (Å²) in [6.07, 6.45) is 1.32. The maximum Gasteiger partial charge on any atom is 0.330 e. The molecule has 7 heteroatoms. The molecular formula is C10H18N4O3. The SMILES string of the molecule is Cn1cc([N+](=O)[O-])c(NC(C)(C)C(C)(C)O)n1. The first kappa shape index (κ1) is 13.4. The zero-order valence-electron chi connectivity index (χ0n) is 10.7. The maximum atomic E-state index is 10.8. The summed E-state index contributed by atoms with van der Waals surface area (Å²) >= 11 is 0. The molecule has 1 heterocycles. The minimum atomic E-state index is -1.04. The highest BCUT2D eigenvalue weighted by atomic mass is 16.6. The van der Waals surface area contributed by atoms with E-state index >= 15 is 0 Å². The van der Waals surface area contributed by atoms with Gasteiger partial charge in [-0.05, 0) is 27.7 Å². The largest absolute Gasteiger partial charge is 0.388 e. The topological polar surface area (TPSA) is 93.2 Å². The van der Waals surface area contributed by atoms with Crippen molar-refractivity contribution in [3.8, 4) is 0 Å². The van der Waals surface area contributed by atoms with E-state index in [1.807, 2.05) is 0 Å². The second-order valence-corrected chi connectivity index (χ2v) is 5.10. The first-order chi connectivity index (χ1) is 7.54. The molecule has 17 heavy (non-hydrogen) atoms. The lowest BCUT2D eigenvalue weighted by Gasteiger charge is -2.37. The molecule has 0 spiro atoms. The van der Waals surface area contributed by atoms with Crippen molar-refractivity contribution in [2.24, 2.45) is 7.05 Å². The van der Waals surface area contributed by atoms with Crippen LogP contribution in [0.3, 0.4) is 0 Å². The fourth-order valence-corrected chi connectivity index (χ4v) is 1.15. The number of hydrogen-bond acceptors (Lipinski definition) is 5. The standard InChI is InChI=1S/C10H18N4O3/c1-9(2,10(3,4)15)11-8-7(14(16)17)6-13(5)12-8/h6,15H,1-5H3,(H,11,12). The Morgan fingerprint density at radius 2 is 2.00 bits per heavy atom. The number of nitro groups is 1. The van der Waals surface area contributed by atoms with Gasteiger partial charge in [0.25, 0.3) is 0 Å². The van der Waals surface area contributed by atoms with Crippen LogP contribution in [-0.2, 0) is 7.05 Å². The van der Waals surface area contributed by atoms with E-state index in [1.165, 1.54) is 10.9 Å². The second kappa shape index (κ2) is 3.99. The molecule has 0 unspecified atom stereocenters. The Morgan fingerprint density at radius 3 is 2.41 bits per heavy atom. The van der Waals surface area contributed by atoms with Crippen LogP contribution in [0.4, 0.5) is 11.5 Å². The summed E-state index contributed by atoms with van der Waals surface area (Å²) in [7, 11) is 1.61. The molecule has 0 aliphatic rings. The maximum absolute atomic E-state index is 10.8. The average Bonchev–Trinajstić information content (AvgIpc) is 2.43. The molecule has 2 N–H and O–H groups in total. The number of aromatic nitrogens is 2. The zero-order valence-corrected chi connectivity index (χ0v) is 10.7. The number of aliphatic hydroxyl groups is 1. The van der Waals surface area contributed by atoms with E-state index in [0.29, 0.717) is 0 Å². The number of anilines is 1. The van der Waals surface area contributed by atoms with Crippen LogP contribution < -0.4 is 5.32 Å². The summed E-state index contributed by atoms with van der Waals surface area (Å²) in [5.41, 5.74) is -1.89. The van der Waals surface area contributed by atoms with Gasteiger partial charge in [0.15, 0.2) is 0 Å². The molecule has 0 bridgehead atoms. The van der Waals surface area contributed by atoms with Crippen molar-refractivity contribution in [2.45, 2.75) is 38.8 Å². The van der Waals surface area contributed by atoms with E-state index < -0.39 is 16.1 Å². The summed E-state index contributed by atoms with van der Waals surface area (Å²) in [4.78, 5) is 10.3. The third-order valence-electron chi connectivity index (χ3n) is 2.97. The van der Waals surface area contributed by atoms with Gasteiger partial charge in [-0.2, -0.15) is 0 Å². The lowest BCUT2D eigenvalue weighted by Crippen LogP contribution is -2.51. The normalized spacial score (nSPS) is 12.6. The van der Waals surface area contributed by atoms with E-state index in [0.717, 1.165) is 0 Å². The predicted octanol–water partition coefficient (Wildman–Crippen LogP) is 1.29. The van der Waals surface area contributed by atoms with Crippen molar-refractivity contribution in [2.75, 3.05) is 5.32 Å². The first-order valence-electron chi connectivity index (χ1n) is 5.23. The van der Waals surface area contributed by atoms with Crippen LogP contribution in [-0.4, -0.2) is 31.0 Å². The molecule has 7 nitrogen and oxygen atoms in total. The monoisotopic (exact) mass is 242 g/mol. The van der Waals surface area contributed by atoms with Gasteiger partial charge >= 0.3 is 5.69 Å². The summed E-state index contributed by atoms with van der Waals surface area (Å²) < 4.78 is 1.36. The first-order valence-corrected chi connectivity index (χ1v) is 5.23. The third kappa shape index (κ3) is 2.73. The Labute approximate surface area is 99.6 Å². The molecule has 0 atom stereocenters. The van der Waals surface area contributed by atoms with E-state index in [4.69, 9.17) is 0 Å². The van der Waals surface area contributed by atoms with E-state index in [-0.39, 0.29) is 11.5 Å². The van der Waals surface area contributed by atoms with Crippen molar-refractivity contribution in [3.63, 3.8) is 0 Å². The van der Waals surface area contributed by atoms with Crippen LogP contribution in [0.15, 0.2) is 6.20 Å². The fraction of sp³-hybridized carbons (Fsp3) is 0.700. The van der Waals surface area contributed by atoms with Crippen LogP contribution in [0.25, 0.3) is 0 Å². The molecule has 1 aromatic heterocycles. The van der Waals surface area contributed by atoms with Crippen LogP contribution >= 0.6 is 0 Å². The minimum absolute atomic E-state index is 0.107. The Morgan fingerprint density at radius 1 is 1.47 bits per heavy atom. The molecule has 1 aromatic rings. The Bertz CT molecular complexity index is 431. The van der Waals surface area contributed by atoms with Crippen LogP contribution in [0.2, 0.25) is 0 Å². The molecule has 0 saturated carbocycles. The van der Waals surface area contributed by atoms with Crippen molar-refractivity contribution >= 4 is 11.5 Å². The van der Waals surface area contributed by atoms with E-state index in [1.54, 1.807) is 34.7 Å². The molecule has 1 rings (SSSR count). The van der Waals surface area contributed by atoms with Crippen molar-refractivity contribution in [3.05, 3.63) is 16.3 Å². The van der Waals surface area contributed by atoms with Gasteiger partial charge in [0, 0.05) is 7.05 Å². The number of rotatable bonds is 4. The van der Waals surface area contributed by atoms with Gasteiger partial charge in [0.2, 0.25) is 5.82 Å². The Hall–Kier alpha value is -1.63. The molecule has 0 radical (unpaired) electrons. The van der Waals surface area contributed by atoms with Crippen molar-refractivity contribution < 1.29 is 10.0 Å². The van der Waals surface area contributed by atoms with E-state index in [9.17, 15) is 15.2 Å². The fourth-order valence-electron chi connectivity index (χ4n) is 1.15. The van der Waals surface area contributed by atoms with Gasteiger partial charge in [-0.15, -0.1) is 5.10 Å². The highest BCUT2D eigenvalue weighted by molar-refractivity contribution is 5.56. The molecule has 0 fully saturated rings. The summed E-state index contributed by atoms with van der Waals surface area (Å²) in [6.45, 7) is 6.78. The van der Waals surface area contributed by atoms with Gasteiger partial charge in [0.1, 0.15) is 6.20 Å². The predicted molar refractivity (Wildman–Crippen MR) is 63.9 cm³/mol. The zero-order chi connectivity index (χ0) is 13.4. The molecule has 0 aliphatic heterocycles. The molecule has 0 amide bonds. The highest BCUT2D eigenvalue weighted by Crippen LogP contribution is 2.29. The lowest BCUT2D eigenvalue weighted by atomic mass is 9.86. The second-order valence-electron chi connectivity index (χ2n) is 5.10. The minimum Gasteiger partial charge on any atom is -0.388 e. The van der Waals surface area contributed by atoms with Gasteiger partial charge in [0.05, 0.1) is 16.1 Å². The van der Waals surface area contributed by atoms with Crippen LogP contribution in [0.5, 0.6) is 0 Å². The van der Waals surface area contributed by atoms with Crippen molar-refractivity contribution in [1.82, 2.24) is 9.78 Å². The molecule has 0 saturated heterocycles. The van der Waals surface area contributed by atoms with Gasteiger partial charge in [-0.25, -0.2) is 0 Å². The molecule has 0 aromatic carbocycles. The van der Waals surface area contributed by atoms with Gasteiger partial charge in [-0.3, -0.25) is 14.8 Å². The Balaban J connectivity index is 3.07. The number of aryl methyl sites for hydroxylation is 1. The summed E-state index contributed by atoms with van der Waals surface area (Å²) in [5.74, 6) is 0.157. The van der Waals surface area contributed by atoms with Crippen LogP contribution in [0.1, 0.15) is 27.7 Å². The number of nitrogens with one attached hydrogen (secondary N) is 1. The lowest BCUT2D eigenvalue weighted by molar-refractivity contribution is -0.384.